The molecule has 3 aromatic carbocycles. The molecule has 0 aromatic heterocycles. The fourth-order valence-electron chi connectivity index (χ4n) is 6.23. The highest BCUT2D eigenvalue weighted by Gasteiger charge is 2.52. The van der Waals surface area contributed by atoms with E-state index in [4.69, 9.17) is 4.74 Å². The summed E-state index contributed by atoms with van der Waals surface area (Å²) in [4.78, 5) is 25.1. The van der Waals surface area contributed by atoms with Crippen molar-refractivity contribution in [2.75, 3.05) is 30.8 Å². The lowest BCUT2D eigenvalue weighted by Crippen LogP contribution is -2.35. The molecule has 0 bridgehead atoms. The maximum Gasteiger partial charge on any atom is 0.241 e. The average Bonchev–Trinajstić information content (AvgIpc) is 3.34. The molecule has 202 valence electrons. The first-order chi connectivity index (χ1) is 19.1. The summed E-state index contributed by atoms with van der Waals surface area (Å²) in [5.74, 6) is 1.90. The van der Waals surface area contributed by atoms with Gasteiger partial charge in [-0.1, -0.05) is 36.4 Å². The van der Waals surface area contributed by atoms with Crippen molar-refractivity contribution in [3.8, 4) is 5.75 Å². The summed E-state index contributed by atoms with van der Waals surface area (Å²) in [6.07, 6.45) is 3.85. The van der Waals surface area contributed by atoms with Crippen LogP contribution in [0.15, 0.2) is 72.8 Å². The quantitative estimate of drug-likeness (QED) is 0.342. The topological polar surface area (TPSA) is 91.5 Å². The monoisotopic (exact) mass is 524 g/mol. The molecule has 2 heterocycles. The van der Waals surface area contributed by atoms with Crippen molar-refractivity contribution < 1.29 is 14.3 Å². The highest BCUT2D eigenvalue weighted by atomic mass is 16.5. The van der Waals surface area contributed by atoms with Crippen molar-refractivity contribution in [2.45, 2.75) is 55.5 Å². The molecule has 7 heteroatoms. The second-order valence-corrected chi connectivity index (χ2v) is 10.9. The number of benzene rings is 3. The summed E-state index contributed by atoms with van der Waals surface area (Å²) in [7, 11) is 1.68. The molecule has 3 aromatic rings. The first kappa shape index (κ1) is 25.6. The predicted octanol–water partition coefficient (Wildman–Crippen LogP) is 4.74. The maximum atomic E-state index is 12.5. The van der Waals surface area contributed by atoms with E-state index in [0.717, 1.165) is 55.9 Å². The van der Waals surface area contributed by atoms with Crippen molar-refractivity contribution in [3.63, 3.8) is 0 Å². The van der Waals surface area contributed by atoms with Gasteiger partial charge in [-0.25, -0.2) is 0 Å². The van der Waals surface area contributed by atoms with Gasteiger partial charge in [-0.15, -0.1) is 0 Å². The van der Waals surface area contributed by atoms with Gasteiger partial charge in [-0.2, -0.15) is 0 Å². The number of anilines is 2. The van der Waals surface area contributed by atoms with Gasteiger partial charge in [0.15, 0.2) is 0 Å². The first-order valence-corrected chi connectivity index (χ1v) is 14.0. The highest BCUT2D eigenvalue weighted by molar-refractivity contribution is 5.95. The molecule has 3 fully saturated rings. The molecule has 1 saturated carbocycles. The lowest BCUT2D eigenvalue weighted by molar-refractivity contribution is -0.118. The van der Waals surface area contributed by atoms with Gasteiger partial charge in [0.05, 0.1) is 19.2 Å². The highest BCUT2D eigenvalue weighted by Crippen LogP contribution is 2.66. The molecular weight excluding hydrogens is 488 g/mol. The smallest absolute Gasteiger partial charge is 0.241 e. The number of hydrogen-bond acceptors (Lipinski definition) is 5. The third kappa shape index (κ3) is 5.56. The Balaban J connectivity index is 1.19. The Bertz CT molecular complexity index is 1220. The van der Waals surface area contributed by atoms with Crippen LogP contribution in [0, 0.1) is 0 Å². The van der Waals surface area contributed by atoms with Crippen LogP contribution in [0.5, 0.6) is 5.75 Å². The summed E-state index contributed by atoms with van der Waals surface area (Å²) in [6.45, 7) is 1.80. The van der Waals surface area contributed by atoms with Crippen LogP contribution < -0.4 is 26.0 Å². The zero-order valence-corrected chi connectivity index (χ0v) is 22.3. The summed E-state index contributed by atoms with van der Waals surface area (Å²) in [6, 6.07) is 24.8. The minimum atomic E-state index is -0.0980. The van der Waals surface area contributed by atoms with Crippen molar-refractivity contribution in [1.29, 1.82) is 0 Å². The van der Waals surface area contributed by atoms with Crippen LogP contribution in [-0.2, 0) is 9.59 Å². The molecule has 6 rings (SSSR count). The molecule has 7 nitrogen and oxygen atoms in total. The molecule has 2 saturated heterocycles. The second kappa shape index (κ2) is 11.2. The molecule has 4 N–H and O–H groups in total. The molecule has 2 unspecified atom stereocenters. The third-order valence-electron chi connectivity index (χ3n) is 8.40. The molecule has 0 spiro atoms. The molecule has 2 amide bonds. The molecule has 3 aliphatic rings. The van der Waals surface area contributed by atoms with Gasteiger partial charge in [0.2, 0.25) is 11.8 Å². The minimum Gasteiger partial charge on any atom is -0.497 e. The van der Waals surface area contributed by atoms with E-state index in [-0.39, 0.29) is 23.9 Å². The number of rotatable bonds is 8. The normalized spacial score (nSPS) is 25.7. The van der Waals surface area contributed by atoms with Gasteiger partial charge in [-0.05, 0) is 110 Å². The van der Waals surface area contributed by atoms with Crippen molar-refractivity contribution in [1.82, 2.24) is 10.6 Å². The molecular formula is C32H36N4O3. The Morgan fingerprint density at radius 3 is 1.36 bits per heavy atom. The lowest BCUT2D eigenvalue weighted by Gasteiger charge is -2.12. The number of ether oxygens (including phenoxy) is 1. The van der Waals surface area contributed by atoms with Crippen LogP contribution in [0.1, 0.15) is 60.1 Å². The van der Waals surface area contributed by atoms with Gasteiger partial charge >= 0.3 is 0 Å². The zero-order chi connectivity index (χ0) is 26.8. The van der Waals surface area contributed by atoms with E-state index in [1.54, 1.807) is 7.11 Å². The van der Waals surface area contributed by atoms with Crippen LogP contribution in [0.25, 0.3) is 0 Å². The summed E-state index contributed by atoms with van der Waals surface area (Å²) >= 11 is 0. The minimum absolute atomic E-state index is 0.0385. The van der Waals surface area contributed by atoms with Crippen molar-refractivity contribution in [2.24, 2.45) is 0 Å². The fourth-order valence-corrected chi connectivity index (χ4v) is 6.23. The number of hydrogen-bond donors (Lipinski definition) is 4. The van der Waals surface area contributed by atoms with Gasteiger partial charge in [0, 0.05) is 11.4 Å². The average molecular weight is 525 g/mol. The standard InChI is InChI=1S/C32H36N4O3/c1-39-25-16-10-22(11-17-25)30-28(20-6-12-23(13-7-20)35-31(37)26-4-2-18-33-26)29(30)21-8-14-24(15-9-21)36-32(38)27-5-3-19-34-27/h6-17,26-30,33-34H,2-5,18-19H2,1H3,(H,35,37)(H,36,38)/t26-,27-,28?,29?,30?/m0/s1. The van der Waals surface area contributed by atoms with Crippen molar-refractivity contribution in [3.05, 3.63) is 89.5 Å². The summed E-state index contributed by atoms with van der Waals surface area (Å²) in [5.41, 5.74) is 5.44. The number of nitrogens with one attached hydrogen (secondary N) is 4. The van der Waals surface area contributed by atoms with Crippen LogP contribution in [0.4, 0.5) is 11.4 Å². The molecule has 2 aliphatic heterocycles. The van der Waals surface area contributed by atoms with Gasteiger partial charge in [-0.3, -0.25) is 9.59 Å². The van der Waals surface area contributed by atoms with E-state index < -0.39 is 0 Å². The second-order valence-electron chi connectivity index (χ2n) is 10.9. The van der Waals surface area contributed by atoms with Crippen LogP contribution in [0.3, 0.4) is 0 Å². The Labute approximate surface area is 229 Å². The number of amides is 2. The van der Waals surface area contributed by atoms with E-state index in [1.807, 2.05) is 36.4 Å². The van der Waals surface area contributed by atoms with E-state index in [1.165, 1.54) is 16.7 Å². The first-order valence-electron chi connectivity index (χ1n) is 14.0. The summed E-state index contributed by atoms with van der Waals surface area (Å²) in [5, 5.41) is 12.6. The lowest BCUT2D eigenvalue weighted by atomic mass is 10.0. The number of methoxy groups -OCH3 is 1. The molecule has 4 atom stereocenters. The van der Waals surface area contributed by atoms with Gasteiger partial charge in [0.1, 0.15) is 5.75 Å². The maximum absolute atomic E-state index is 12.5. The largest absolute Gasteiger partial charge is 0.497 e. The summed E-state index contributed by atoms with van der Waals surface area (Å²) < 4.78 is 5.38. The van der Waals surface area contributed by atoms with Crippen molar-refractivity contribution >= 4 is 23.2 Å². The van der Waals surface area contributed by atoms with Gasteiger partial charge in [0.25, 0.3) is 0 Å². The number of carbonyl (C=O) groups is 2. The zero-order valence-electron chi connectivity index (χ0n) is 22.3. The molecule has 0 radical (unpaired) electrons. The van der Waals surface area contributed by atoms with E-state index in [2.05, 4.69) is 57.7 Å². The van der Waals surface area contributed by atoms with E-state index in [0.29, 0.717) is 17.8 Å². The van der Waals surface area contributed by atoms with Crippen LogP contribution in [0.2, 0.25) is 0 Å². The predicted molar refractivity (Wildman–Crippen MR) is 153 cm³/mol. The van der Waals surface area contributed by atoms with Crippen LogP contribution >= 0.6 is 0 Å². The Morgan fingerprint density at radius 1 is 0.641 bits per heavy atom. The van der Waals surface area contributed by atoms with Crippen LogP contribution in [-0.4, -0.2) is 44.1 Å². The van der Waals surface area contributed by atoms with E-state index in [9.17, 15) is 9.59 Å². The Kier molecular flexibility index (Phi) is 7.35. The fraction of sp³-hybridized carbons (Fsp3) is 0.375. The Hall–Kier alpha value is -3.68. The number of carbonyl (C=O) groups excluding carboxylic acids is 2. The SMILES string of the molecule is COc1ccc(C2C(c3ccc(NC(=O)[C@@H]4CCCN4)cc3)C2c2ccc(NC(=O)[C@@H]3CCCN3)cc2)cc1. The van der Waals surface area contributed by atoms with Gasteiger partial charge < -0.3 is 26.0 Å². The Morgan fingerprint density at radius 2 is 1.03 bits per heavy atom. The molecule has 1 aliphatic carbocycles. The van der Waals surface area contributed by atoms with E-state index >= 15 is 0 Å². The molecule has 39 heavy (non-hydrogen) atoms. The third-order valence-corrected chi connectivity index (χ3v) is 8.40.